The third kappa shape index (κ3) is 3.38. The molecule has 0 spiro atoms. The zero-order valence-electron chi connectivity index (χ0n) is 10.1. The molecule has 1 aromatic rings. The van der Waals surface area contributed by atoms with Crippen molar-refractivity contribution in [3.8, 4) is 0 Å². The highest BCUT2D eigenvalue weighted by Gasteiger charge is 2.16. The van der Waals surface area contributed by atoms with Crippen molar-refractivity contribution in [2.24, 2.45) is 0 Å². The number of hydrogen-bond donors (Lipinski definition) is 0. The van der Waals surface area contributed by atoms with E-state index in [1.165, 1.54) is 0 Å². The first-order chi connectivity index (χ1) is 8.27. The van der Waals surface area contributed by atoms with Crippen LogP contribution in [0.1, 0.15) is 35.2 Å². The normalized spacial score (nSPS) is 20.2. The third-order valence-corrected chi connectivity index (χ3v) is 2.98. The van der Waals surface area contributed by atoms with Crippen LogP contribution in [0.25, 0.3) is 0 Å². The van der Waals surface area contributed by atoms with Gasteiger partial charge < -0.3 is 9.47 Å². The maximum Gasteiger partial charge on any atom is 0.188 e. The highest BCUT2D eigenvalue weighted by molar-refractivity contribution is 5.98. The van der Waals surface area contributed by atoms with Gasteiger partial charge in [0.15, 0.2) is 12.1 Å². The molecule has 0 saturated carbocycles. The number of benzene rings is 1. The molecule has 0 amide bonds. The van der Waals surface area contributed by atoms with E-state index in [0.717, 1.165) is 37.0 Å². The van der Waals surface area contributed by atoms with Gasteiger partial charge >= 0.3 is 0 Å². The fourth-order valence-corrected chi connectivity index (χ4v) is 1.97. The van der Waals surface area contributed by atoms with Crippen molar-refractivity contribution in [3.63, 3.8) is 0 Å². The van der Waals surface area contributed by atoms with Crippen LogP contribution in [-0.2, 0) is 9.47 Å². The molecule has 0 aliphatic carbocycles. The van der Waals surface area contributed by atoms with Crippen molar-refractivity contribution in [2.45, 2.75) is 32.5 Å². The molecule has 2 rings (SSSR count). The molecule has 1 fully saturated rings. The van der Waals surface area contributed by atoms with E-state index < -0.39 is 0 Å². The number of ether oxygens (including phenoxy) is 2. The molecular formula is C14H18O3. The summed E-state index contributed by atoms with van der Waals surface area (Å²) >= 11 is 0. The molecule has 1 aliphatic rings. The molecule has 1 atom stereocenters. The van der Waals surface area contributed by atoms with Crippen LogP contribution in [0.5, 0.6) is 0 Å². The van der Waals surface area contributed by atoms with Crippen molar-refractivity contribution in [3.05, 3.63) is 35.4 Å². The monoisotopic (exact) mass is 234 g/mol. The van der Waals surface area contributed by atoms with E-state index in [-0.39, 0.29) is 18.7 Å². The van der Waals surface area contributed by atoms with Crippen molar-refractivity contribution in [1.29, 1.82) is 0 Å². The van der Waals surface area contributed by atoms with Crippen LogP contribution in [0.2, 0.25) is 0 Å². The minimum Gasteiger partial charge on any atom is -0.353 e. The molecular weight excluding hydrogens is 216 g/mol. The molecule has 3 nitrogen and oxygen atoms in total. The van der Waals surface area contributed by atoms with Crippen molar-refractivity contribution < 1.29 is 14.3 Å². The molecule has 1 saturated heterocycles. The molecule has 1 aromatic carbocycles. The van der Waals surface area contributed by atoms with Crippen LogP contribution >= 0.6 is 0 Å². The minimum atomic E-state index is -0.197. The predicted molar refractivity (Wildman–Crippen MR) is 65.1 cm³/mol. The lowest BCUT2D eigenvalue weighted by atomic mass is 10.1. The van der Waals surface area contributed by atoms with Crippen LogP contribution in [0.4, 0.5) is 0 Å². The Hall–Kier alpha value is -1.19. The van der Waals surface area contributed by atoms with Gasteiger partial charge in [-0.1, -0.05) is 24.3 Å². The Balaban J connectivity index is 1.87. The number of Topliss-reactive ketones (excluding diaryl/α,β-unsaturated/α-hetero) is 1. The first-order valence-electron chi connectivity index (χ1n) is 6.09. The van der Waals surface area contributed by atoms with Crippen molar-refractivity contribution in [2.75, 3.05) is 13.2 Å². The topological polar surface area (TPSA) is 35.5 Å². The van der Waals surface area contributed by atoms with Gasteiger partial charge in [-0.25, -0.2) is 0 Å². The number of rotatable bonds is 4. The lowest BCUT2D eigenvalue weighted by molar-refractivity contribution is -0.155. The molecule has 1 heterocycles. The Kier molecular flexibility index (Phi) is 4.29. The van der Waals surface area contributed by atoms with Gasteiger partial charge in [0.1, 0.15) is 6.61 Å². The highest BCUT2D eigenvalue weighted by atomic mass is 16.7. The summed E-state index contributed by atoms with van der Waals surface area (Å²) in [6.45, 7) is 2.78. The van der Waals surface area contributed by atoms with E-state index in [4.69, 9.17) is 9.47 Å². The summed E-state index contributed by atoms with van der Waals surface area (Å²) in [4.78, 5) is 11.9. The summed E-state index contributed by atoms with van der Waals surface area (Å²) < 4.78 is 10.9. The molecule has 92 valence electrons. The van der Waals surface area contributed by atoms with Gasteiger partial charge in [-0.3, -0.25) is 4.79 Å². The molecule has 0 radical (unpaired) electrons. The van der Waals surface area contributed by atoms with Gasteiger partial charge in [0, 0.05) is 12.2 Å². The maximum atomic E-state index is 11.9. The van der Waals surface area contributed by atoms with E-state index >= 15 is 0 Å². The lowest BCUT2D eigenvalue weighted by Gasteiger charge is -2.22. The smallest absolute Gasteiger partial charge is 0.188 e. The van der Waals surface area contributed by atoms with Gasteiger partial charge in [-0.15, -0.1) is 0 Å². The summed E-state index contributed by atoms with van der Waals surface area (Å²) in [7, 11) is 0. The maximum absolute atomic E-state index is 11.9. The van der Waals surface area contributed by atoms with E-state index in [2.05, 4.69) is 0 Å². The predicted octanol–water partition coefficient (Wildman–Crippen LogP) is 2.72. The minimum absolute atomic E-state index is 0.0253. The van der Waals surface area contributed by atoms with Gasteiger partial charge in [0.05, 0.1) is 0 Å². The largest absolute Gasteiger partial charge is 0.353 e. The third-order valence-electron chi connectivity index (χ3n) is 2.98. The quantitative estimate of drug-likeness (QED) is 0.751. The fourth-order valence-electron chi connectivity index (χ4n) is 1.97. The summed E-state index contributed by atoms with van der Waals surface area (Å²) in [5.74, 6) is 0.0253. The average molecular weight is 234 g/mol. The van der Waals surface area contributed by atoms with Crippen LogP contribution in [0.15, 0.2) is 24.3 Å². The second-order valence-corrected chi connectivity index (χ2v) is 4.35. The van der Waals surface area contributed by atoms with Crippen molar-refractivity contribution >= 4 is 5.78 Å². The molecule has 0 bridgehead atoms. The Morgan fingerprint density at radius 2 is 2.24 bits per heavy atom. The molecule has 0 N–H and O–H groups in total. The van der Waals surface area contributed by atoms with E-state index in [1.807, 2.05) is 31.2 Å². The Labute approximate surface area is 102 Å². The van der Waals surface area contributed by atoms with Gasteiger partial charge in [0.25, 0.3) is 0 Å². The van der Waals surface area contributed by atoms with Gasteiger partial charge in [-0.2, -0.15) is 0 Å². The number of ketones is 1. The first kappa shape index (κ1) is 12.3. The second-order valence-electron chi connectivity index (χ2n) is 4.35. The van der Waals surface area contributed by atoms with Crippen LogP contribution < -0.4 is 0 Å². The fraction of sp³-hybridized carbons (Fsp3) is 0.500. The van der Waals surface area contributed by atoms with Crippen LogP contribution in [0.3, 0.4) is 0 Å². The summed E-state index contributed by atoms with van der Waals surface area (Å²) in [6, 6.07) is 7.57. The number of carbonyl (C=O) groups excluding carboxylic acids is 1. The number of aryl methyl sites for hydroxylation is 1. The Morgan fingerprint density at radius 1 is 1.41 bits per heavy atom. The SMILES string of the molecule is Cc1ccccc1C(=O)COC1CCCCO1. The molecule has 17 heavy (non-hydrogen) atoms. The standard InChI is InChI=1S/C14H18O3/c1-11-6-2-3-7-12(11)13(15)10-17-14-8-4-5-9-16-14/h2-3,6-7,14H,4-5,8-10H2,1H3. The first-order valence-corrected chi connectivity index (χ1v) is 6.09. The zero-order chi connectivity index (χ0) is 12.1. The molecule has 0 aromatic heterocycles. The number of carbonyl (C=O) groups is 1. The summed E-state index contributed by atoms with van der Waals surface area (Å²) in [6.07, 6.45) is 2.90. The molecule has 3 heteroatoms. The average Bonchev–Trinajstić information content (AvgIpc) is 2.38. The van der Waals surface area contributed by atoms with E-state index in [1.54, 1.807) is 0 Å². The van der Waals surface area contributed by atoms with E-state index in [0.29, 0.717) is 0 Å². The number of hydrogen-bond acceptors (Lipinski definition) is 3. The van der Waals surface area contributed by atoms with E-state index in [9.17, 15) is 4.79 Å². The Morgan fingerprint density at radius 3 is 2.94 bits per heavy atom. The highest BCUT2D eigenvalue weighted by Crippen LogP contribution is 2.15. The van der Waals surface area contributed by atoms with Gasteiger partial charge in [-0.05, 0) is 31.7 Å². The van der Waals surface area contributed by atoms with Gasteiger partial charge in [0.2, 0.25) is 0 Å². The summed E-state index contributed by atoms with van der Waals surface area (Å²) in [5.41, 5.74) is 1.73. The van der Waals surface area contributed by atoms with Crippen LogP contribution in [-0.4, -0.2) is 25.3 Å². The molecule has 1 unspecified atom stereocenters. The van der Waals surface area contributed by atoms with Crippen molar-refractivity contribution in [1.82, 2.24) is 0 Å². The lowest BCUT2D eigenvalue weighted by Crippen LogP contribution is -2.25. The molecule has 1 aliphatic heterocycles. The second kappa shape index (κ2) is 5.94. The zero-order valence-corrected chi connectivity index (χ0v) is 10.1. The van der Waals surface area contributed by atoms with Crippen LogP contribution in [0, 0.1) is 6.92 Å². The Bertz CT molecular complexity index is 381. The summed E-state index contributed by atoms with van der Waals surface area (Å²) in [5, 5.41) is 0.